The summed E-state index contributed by atoms with van der Waals surface area (Å²) >= 11 is 0. The minimum absolute atomic E-state index is 0.0376. The van der Waals surface area contributed by atoms with Crippen LogP contribution in [0.3, 0.4) is 0 Å². The number of aryl methyl sites for hydroxylation is 3. The second kappa shape index (κ2) is 12.3. The molecule has 2 amide bonds. The molecule has 4 nitrogen and oxygen atoms in total. The van der Waals surface area contributed by atoms with Crippen molar-refractivity contribution in [2.45, 2.75) is 72.5 Å². The van der Waals surface area contributed by atoms with E-state index in [1.165, 1.54) is 0 Å². The summed E-state index contributed by atoms with van der Waals surface area (Å²) in [6, 6.07) is 23.7. The van der Waals surface area contributed by atoms with Gasteiger partial charge in [-0.3, -0.25) is 9.59 Å². The molecular formula is C31H38N2O2. The molecule has 0 aliphatic carbocycles. The lowest BCUT2D eigenvalue weighted by Gasteiger charge is -2.33. The van der Waals surface area contributed by atoms with E-state index < -0.39 is 6.04 Å². The number of carbonyl (C=O) groups is 2. The number of hydrogen-bond donors (Lipinski definition) is 1. The molecule has 0 fully saturated rings. The fraction of sp³-hybridized carbons (Fsp3) is 0.355. The third-order valence-electron chi connectivity index (χ3n) is 6.51. The number of carbonyl (C=O) groups excluding carboxylic acids is 2. The summed E-state index contributed by atoms with van der Waals surface area (Å²) in [6.45, 7) is 10.6. The van der Waals surface area contributed by atoms with Crippen LogP contribution in [0.25, 0.3) is 0 Å². The van der Waals surface area contributed by atoms with Crippen molar-refractivity contribution in [2.24, 2.45) is 0 Å². The van der Waals surface area contributed by atoms with Gasteiger partial charge >= 0.3 is 0 Å². The first kappa shape index (κ1) is 26.2. The quantitative estimate of drug-likeness (QED) is 0.413. The number of rotatable bonds is 10. The molecule has 4 heteroatoms. The van der Waals surface area contributed by atoms with Crippen LogP contribution in [0, 0.1) is 20.8 Å². The first-order valence-electron chi connectivity index (χ1n) is 12.5. The van der Waals surface area contributed by atoms with E-state index in [1.54, 1.807) is 4.90 Å². The average molecular weight is 471 g/mol. The largest absolute Gasteiger partial charge is 0.352 e. The second-order valence-corrected chi connectivity index (χ2v) is 9.64. The number of hydrogen-bond acceptors (Lipinski definition) is 2. The van der Waals surface area contributed by atoms with Crippen LogP contribution >= 0.6 is 0 Å². The van der Waals surface area contributed by atoms with Crippen molar-refractivity contribution >= 4 is 11.8 Å². The SMILES string of the molecule is CC[C@@H](C)NC(=O)[C@H](Cc1ccccc1)N(Cc1ccccc1C)C(=O)Cc1cc(C)cc(C)c1. The summed E-state index contributed by atoms with van der Waals surface area (Å²) < 4.78 is 0. The van der Waals surface area contributed by atoms with Gasteiger partial charge in [-0.2, -0.15) is 0 Å². The Balaban J connectivity index is 2.00. The predicted octanol–water partition coefficient (Wildman–Crippen LogP) is 5.71. The Labute approximate surface area is 210 Å². The lowest BCUT2D eigenvalue weighted by molar-refractivity contribution is -0.141. The fourth-order valence-electron chi connectivity index (χ4n) is 4.41. The van der Waals surface area contributed by atoms with Gasteiger partial charge in [-0.15, -0.1) is 0 Å². The predicted molar refractivity (Wildman–Crippen MR) is 143 cm³/mol. The molecule has 0 aromatic heterocycles. The monoisotopic (exact) mass is 470 g/mol. The van der Waals surface area contributed by atoms with Crippen LogP contribution in [0.5, 0.6) is 0 Å². The Morgan fingerprint density at radius 1 is 0.857 bits per heavy atom. The molecule has 0 unspecified atom stereocenters. The van der Waals surface area contributed by atoms with E-state index in [0.29, 0.717) is 13.0 Å². The fourth-order valence-corrected chi connectivity index (χ4v) is 4.41. The Kier molecular flexibility index (Phi) is 9.25. The van der Waals surface area contributed by atoms with Crippen molar-refractivity contribution in [1.82, 2.24) is 10.2 Å². The minimum atomic E-state index is -0.607. The highest BCUT2D eigenvalue weighted by Gasteiger charge is 2.31. The standard InChI is InChI=1S/C31H38N2O2/c1-6-25(5)32-31(35)29(19-26-13-8-7-9-14-26)33(21-28-15-11-10-12-24(28)4)30(34)20-27-17-22(2)16-23(3)18-27/h7-18,25,29H,6,19-21H2,1-5H3,(H,32,35)/t25-,29+/m1/s1. The minimum Gasteiger partial charge on any atom is -0.352 e. The Hall–Kier alpha value is -3.40. The third kappa shape index (κ3) is 7.54. The lowest BCUT2D eigenvalue weighted by atomic mass is 9.99. The van der Waals surface area contributed by atoms with Crippen LogP contribution in [0.4, 0.5) is 0 Å². The number of benzene rings is 3. The molecule has 2 atom stereocenters. The Morgan fingerprint density at radius 2 is 1.49 bits per heavy atom. The van der Waals surface area contributed by atoms with Gasteiger partial charge in [0.1, 0.15) is 6.04 Å². The molecule has 0 saturated heterocycles. The van der Waals surface area contributed by atoms with Crippen LogP contribution in [0.15, 0.2) is 72.8 Å². The van der Waals surface area contributed by atoms with E-state index in [2.05, 4.69) is 23.5 Å². The van der Waals surface area contributed by atoms with E-state index in [0.717, 1.165) is 39.8 Å². The van der Waals surface area contributed by atoms with Gasteiger partial charge in [0.15, 0.2) is 0 Å². The van der Waals surface area contributed by atoms with Crippen molar-refractivity contribution in [3.05, 3.63) is 106 Å². The molecule has 3 aromatic carbocycles. The molecule has 0 aliphatic heterocycles. The average Bonchev–Trinajstić information content (AvgIpc) is 2.82. The first-order chi connectivity index (χ1) is 16.8. The van der Waals surface area contributed by atoms with Gasteiger partial charge < -0.3 is 10.2 Å². The lowest BCUT2D eigenvalue weighted by Crippen LogP contribution is -2.52. The van der Waals surface area contributed by atoms with E-state index in [1.807, 2.05) is 89.2 Å². The summed E-state index contributed by atoms with van der Waals surface area (Å²) in [5.41, 5.74) is 6.43. The molecule has 0 saturated carbocycles. The van der Waals surface area contributed by atoms with E-state index in [-0.39, 0.29) is 24.3 Å². The van der Waals surface area contributed by atoms with Crippen LogP contribution in [-0.4, -0.2) is 28.8 Å². The zero-order chi connectivity index (χ0) is 25.4. The molecule has 0 bridgehead atoms. The molecule has 3 rings (SSSR count). The highest BCUT2D eigenvalue weighted by atomic mass is 16.2. The van der Waals surface area contributed by atoms with Crippen molar-refractivity contribution in [1.29, 1.82) is 0 Å². The van der Waals surface area contributed by atoms with Gasteiger partial charge in [0.25, 0.3) is 0 Å². The molecule has 0 radical (unpaired) electrons. The van der Waals surface area contributed by atoms with Gasteiger partial charge in [0.2, 0.25) is 11.8 Å². The van der Waals surface area contributed by atoms with Gasteiger partial charge in [0, 0.05) is 19.0 Å². The maximum absolute atomic E-state index is 13.9. The van der Waals surface area contributed by atoms with Crippen LogP contribution in [0.1, 0.15) is 53.6 Å². The van der Waals surface area contributed by atoms with Gasteiger partial charge in [-0.25, -0.2) is 0 Å². The zero-order valence-corrected chi connectivity index (χ0v) is 21.7. The molecule has 0 heterocycles. The summed E-state index contributed by atoms with van der Waals surface area (Å²) in [5.74, 6) is -0.149. The smallest absolute Gasteiger partial charge is 0.243 e. The summed E-state index contributed by atoms with van der Waals surface area (Å²) in [6.07, 6.45) is 1.56. The number of nitrogens with zero attached hydrogens (tertiary/aromatic N) is 1. The molecule has 184 valence electrons. The van der Waals surface area contributed by atoms with Crippen molar-refractivity contribution < 1.29 is 9.59 Å². The highest BCUT2D eigenvalue weighted by molar-refractivity contribution is 5.89. The van der Waals surface area contributed by atoms with Gasteiger partial charge in [0.05, 0.1) is 6.42 Å². The van der Waals surface area contributed by atoms with Gasteiger partial charge in [-0.05, 0) is 56.4 Å². The van der Waals surface area contributed by atoms with Crippen LogP contribution in [-0.2, 0) is 29.0 Å². The van der Waals surface area contributed by atoms with E-state index in [9.17, 15) is 9.59 Å². The van der Waals surface area contributed by atoms with Crippen LogP contribution in [0.2, 0.25) is 0 Å². The summed E-state index contributed by atoms with van der Waals surface area (Å²) in [4.78, 5) is 29.3. The van der Waals surface area contributed by atoms with Gasteiger partial charge in [-0.1, -0.05) is 90.8 Å². The van der Waals surface area contributed by atoms with Crippen molar-refractivity contribution in [2.75, 3.05) is 0 Å². The number of nitrogens with one attached hydrogen (secondary N) is 1. The van der Waals surface area contributed by atoms with Crippen molar-refractivity contribution in [3.63, 3.8) is 0 Å². The molecular weight excluding hydrogens is 432 g/mol. The third-order valence-corrected chi connectivity index (χ3v) is 6.51. The maximum Gasteiger partial charge on any atom is 0.243 e. The molecule has 35 heavy (non-hydrogen) atoms. The summed E-state index contributed by atoms with van der Waals surface area (Å²) in [5, 5.41) is 3.13. The first-order valence-corrected chi connectivity index (χ1v) is 12.5. The maximum atomic E-state index is 13.9. The zero-order valence-electron chi connectivity index (χ0n) is 21.7. The normalized spacial score (nSPS) is 12.6. The van der Waals surface area contributed by atoms with Crippen molar-refractivity contribution in [3.8, 4) is 0 Å². The van der Waals surface area contributed by atoms with E-state index >= 15 is 0 Å². The van der Waals surface area contributed by atoms with Crippen LogP contribution < -0.4 is 5.32 Å². The molecule has 0 spiro atoms. The molecule has 0 aliphatic rings. The summed E-state index contributed by atoms with van der Waals surface area (Å²) in [7, 11) is 0. The Bertz CT molecular complexity index is 1120. The molecule has 3 aromatic rings. The topological polar surface area (TPSA) is 49.4 Å². The highest BCUT2D eigenvalue weighted by Crippen LogP contribution is 2.19. The Morgan fingerprint density at radius 3 is 2.11 bits per heavy atom. The second-order valence-electron chi connectivity index (χ2n) is 9.64. The van der Waals surface area contributed by atoms with E-state index in [4.69, 9.17) is 0 Å². The number of amides is 2. The molecule has 1 N–H and O–H groups in total.